The quantitative estimate of drug-likeness (QED) is 0.831. The highest BCUT2D eigenvalue weighted by Gasteiger charge is 2.27. The number of para-hydroxylation sites is 1. The Morgan fingerprint density at radius 2 is 1.92 bits per heavy atom. The predicted octanol–water partition coefficient (Wildman–Crippen LogP) is 2.16. The number of halogens is 3. The Morgan fingerprint density at radius 1 is 1.29 bits per heavy atom. The van der Waals surface area contributed by atoms with E-state index in [1.807, 2.05) is 37.3 Å². The number of nitrogens with two attached hydrogens (primary N) is 1. The van der Waals surface area contributed by atoms with Gasteiger partial charge >= 0.3 is 0 Å². The predicted molar refractivity (Wildman–Crippen MR) is 91.0 cm³/mol. The normalized spacial score (nSPS) is 11.0. The van der Waals surface area contributed by atoms with Crippen molar-refractivity contribution in [2.45, 2.75) is 26.2 Å². The molecule has 0 unspecified atom stereocenters. The van der Waals surface area contributed by atoms with E-state index in [0.717, 1.165) is 16.9 Å². The third-order valence-corrected chi connectivity index (χ3v) is 3.62. The minimum Gasteiger partial charge on any atom is -0.350 e. The number of hydrogen-bond acceptors (Lipinski definition) is 3. The number of benzene rings is 1. The first-order valence-corrected chi connectivity index (χ1v) is 7.29. The van der Waals surface area contributed by atoms with Crippen molar-refractivity contribution in [2.24, 2.45) is 5.73 Å². The lowest BCUT2D eigenvalue weighted by atomic mass is 10.1. The number of nitrogens with zero attached hydrogens (tertiary/aromatic N) is 2. The molecule has 1 aromatic carbocycles. The van der Waals surface area contributed by atoms with Crippen LogP contribution in [0.25, 0.3) is 5.69 Å². The van der Waals surface area contributed by atoms with Crippen LogP contribution in [0.4, 0.5) is 8.78 Å². The van der Waals surface area contributed by atoms with Gasteiger partial charge in [-0.3, -0.25) is 4.79 Å². The third kappa shape index (κ3) is 4.75. The van der Waals surface area contributed by atoms with Crippen LogP contribution in [0, 0.1) is 13.8 Å². The molecule has 24 heavy (non-hydrogen) atoms. The van der Waals surface area contributed by atoms with E-state index in [0.29, 0.717) is 5.69 Å². The molecule has 0 fully saturated rings. The van der Waals surface area contributed by atoms with Gasteiger partial charge in [0.15, 0.2) is 0 Å². The fourth-order valence-electron chi connectivity index (χ4n) is 2.27. The van der Waals surface area contributed by atoms with E-state index in [9.17, 15) is 13.6 Å². The Kier molecular flexibility index (Phi) is 6.86. The van der Waals surface area contributed by atoms with E-state index in [1.165, 1.54) is 0 Å². The van der Waals surface area contributed by atoms with Gasteiger partial charge in [-0.1, -0.05) is 18.2 Å². The standard InChI is InChI=1S/C16H20F2N4O.ClH/c1-11-14(8-15(23)20-10-16(17,18)9-19)12(2)22(21-11)13-6-4-3-5-7-13;/h3-7H,8-10,19H2,1-2H3,(H,20,23);1H. The summed E-state index contributed by atoms with van der Waals surface area (Å²) in [5.74, 6) is -3.56. The van der Waals surface area contributed by atoms with E-state index >= 15 is 0 Å². The van der Waals surface area contributed by atoms with Crippen molar-refractivity contribution in [3.8, 4) is 5.69 Å². The molecule has 0 aliphatic heterocycles. The van der Waals surface area contributed by atoms with E-state index in [-0.39, 0.29) is 18.8 Å². The van der Waals surface area contributed by atoms with Crippen molar-refractivity contribution in [1.82, 2.24) is 15.1 Å². The first-order valence-electron chi connectivity index (χ1n) is 7.29. The van der Waals surface area contributed by atoms with E-state index < -0.39 is 24.9 Å². The maximum absolute atomic E-state index is 13.1. The summed E-state index contributed by atoms with van der Waals surface area (Å²) in [6.07, 6.45) is 0.00511. The molecule has 0 aliphatic carbocycles. The smallest absolute Gasteiger partial charge is 0.277 e. The molecule has 132 valence electrons. The van der Waals surface area contributed by atoms with Gasteiger partial charge in [-0.05, 0) is 26.0 Å². The molecule has 3 N–H and O–H groups in total. The van der Waals surface area contributed by atoms with Gasteiger partial charge in [-0.25, -0.2) is 13.5 Å². The Bertz CT molecular complexity index is 689. The SMILES string of the molecule is Cc1nn(-c2ccccc2)c(C)c1CC(=O)NCC(F)(F)CN.Cl. The van der Waals surface area contributed by atoms with E-state index in [4.69, 9.17) is 5.73 Å². The molecule has 2 rings (SSSR count). The molecule has 0 saturated heterocycles. The van der Waals surface area contributed by atoms with E-state index in [1.54, 1.807) is 11.6 Å². The minimum atomic E-state index is -3.09. The number of alkyl halides is 2. The lowest BCUT2D eigenvalue weighted by Crippen LogP contribution is -2.42. The number of carbonyl (C=O) groups is 1. The molecule has 2 aromatic rings. The maximum Gasteiger partial charge on any atom is 0.277 e. The topological polar surface area (TPSA) is 72.9 Å². The molecule has 0 atom stereocenters. The first kappa shape index (κ1) is 20.1. The van der Waals surface area contributed by atoms with Gasteiger partial charge in [0.05, 0.1) is 30.9 Å². The zero-order chi connectivity index (χ0) is 17.0. The van der Waals surface area contributed by atoms with Crippen LogP contribution >= 0.6 is 12.4 Å². The van der Waals surface area contributed by atoms with E-state index in [2.05, 4.69) is 10.4 Å². The molecule has 1 heterocycles. The number of aryl methyl sites for hydroxylation is 1. The molecule has 0 saturated carbocycles. The Hall–Kier alpha value is -1.99. The number of rotatable bonds is 6. The Balaban J connectivity index is 0.00000288. The minimum absolute atomic E-state index is 0. The lowest BCUT2D eigenvalue weighted by molar-refractivity contribution is -0.122. The average molecular weight is 359 g/mol. The first-order chi connectivity index (χ1) is 10.8. The molecular formula is C16H21ClF2N4O. The van der Waals surface area contributed by atoms with Crippen molar-refractivity contribution >= 4 is 18.3 Å². The fourth-order valence-corrected chi connectivity index (χ4v) is 2.27. The van der Waals surface area contributed by atoms with Gasteiger partial charge in [-0.15, -0.1) is 12.4 Å². The van der Waals surface area contributed by atoms with Crippen molar-refractivity contribution in [1.29, 1.82) is 0 Å². The van der Waals surface area contributed by atoms with Crippen molar-refractivity contribution < 1.29 is 13.6 Å². The largest absolute Gasteiger partial charge is 0.350 e. The fraction of sp³-hybridized carbons (Fsp3) is 0.375. The lowest BCUT2D eigenvalue weighted by Gasteiger charge is -2.14. The second-order valence-electron chi connectivity index (χ2n) is 5.41. The average Bonchev–Trinajstić information content (AvgIpc) is 2.82. The number of amides is 1. The van der Waals surface area contributed by atoms with Crippen LogP contribution in [0.3, 0.4) is 0 Å². The second kappa shape index (κ2) is 8.21. The summed E-state index contributed by atoms with van der Waals surface area (Å²) in [4.78, 5) is 11.9. The summed E-state index contributed by atoms with van der Waals surface area (Å²) in [5.41, 5.74) is 8.08. The summed E-state index contributed by atoms with van der Waals surface area (Å²) in [6, 6.07) is 9.51. The van der Waals surface area contributed by atoms with Crippen LogP contribution in [-0.2, 0) is 11.2 Å². The van der Waals surface area contributed by atoms with Gasteiger partial charge < -0.3 is 11.1 Å². The van der Waals surface area contributed by atoms with Gasteiger partial charge in [0.25, 0.3) is 5.92 Å². The van der Waals surface area contributed by atoms with Crippen molar-refractivity contribution in [3.63, 3.8) is 0 Å². The van der Waals surface area contributed by atoms with Gasteiger partial charge in [0.1, 0.15) is 0 Å². The number of aromatic nitrogens is 2. The summed E-state index contributed by atoms with van der Waals surface area (Å²) < 4.78 is 27.9. The summed E-state index contributed by atoms with van der Waals surface area (Å²) in [7, 11) is 0. The second-order valence-corrected chi connectivity index (χ2v) is 5.41. The number of carbonyl (C=O) groups excluding carboxylic acids is 1. The van der Waals surface area contributed by atoms with Crippen LogP contribution in [0.15, 0.2) is 30.3 Å². The van der Waals surface area contributed by atoms with Gasteiger partial charge in [-0.2, -0.15) is 5.10 Å². The third-order valence-electron chi connectivity index (χ3n) is 3.62. The zero-order valence-electron chi connectivity index (χ0n) is 13.6. The molecule has 0 radical (unpaired) electrons. The molecule has 0 spiro atoms. The molecular weight excluding hydrogens is 338 g/mol. The van der Waals surface area contributed by atoms with Crippen molar-refractivity contribution in [2.75, 3.05) is 13.1 Å². The summed E-state index contributed by atoms with van der Waals surface area (Å²) in [6.45, 7) is 2.10. The highest BCUT2D eigenvalue weighted by Crippen LogP contribution is 2.18. The molecule has 0 aliphatic rings. The molecule has 5 nitrogen and oxygen atoms in total. The van der Waals surface area contributed by atoms with Crippen molar-refractivity contribution in [3.05, 3.63) is 47.3 Å². The van der Waals surface area contributed by atoms with Crippen LogP contribution in [0.2, 0.25) is 0 Å². The van der Waals surface area contributed by atoms with Gasteiger partial charge in [0.2, 0.25) is 5.91 Å². The van der Waals surface area contributed by atoms with Crippen LogP contribution in [-0.4, -0.2) is 34.7 Å². The summed E-state index contributed by atoms with van der Waals surface area (Å²) in [5, 5.41) is 6.65. The molecule has 1 aromatic heterocycles. The number of nitrogens with one attached hydrogen (secondary N) is 1. The molecule has 0 bridgehead atoms. The highest BCUT2D eigenvalue weighted by molar-refractivity contribution is 5.85. The Labute approximate surface area is 145 Å². The monoisotopic (exact) mass is 358 g/mol. The maximum atomic E-state index is 13.1. The van der Waals surface area contributed by atoms with Crippen LogP contribution in [0.5, 0.6) is 0 Å². The summed E-state index contributed by atoms with van der Waals surface area (Å²) >= 11 is 0. The number of hydrogen-bond donors (Lipinski definition) is 2. The molecule has 1 amide bonds. The van der Waals surface area contributed by atoms with Crippen LogP contribution < -0.4 is 11.1 Å². The Morgan fingerprint density at radius 3 is 2.50 bits per heavy atom. The highest BCUT2D eigenvalue weighted by atomic mass is 35.5. The van der Waals surface area contributed by atoms with Crippen LogP contribution in [0.1, 0.15) is 17.0 Å². The zero-order valence-corrected chi connectivity index (χ0v) is 14.4. The van der Waals surface area contributed by atoms with Gasteiger partial charge in [0, 0.05) is 11.3 Å². The molecule has 8 heteroatoms.